The molecule has 1 rings (SSSR count). The summed E-state index contributed by atoms with van der Waals surface area (Å²) in [4.78, 5) is 3.91. The molecular formula is C13H17ClN2. The van der Waals surface area contributed by atoms with Crippen molar-refractivity contribution in [1.29, 1.82) is 5.26 Å². The predicted molar refractivity (Wildman–Crippen MR) is 66.4 cm³/mol. The first kappa shape index (κ1) is 13.0. The minimum absolute atomic E-state index is 0.327. The number of halogens is 1. The van der Waals surface area contributed by atoms with Crippen molar-refractivity contribution in [3.8, 4) is 6.07 Å². The van der Waals surface area contributed by atoms with E-state index in [0.29, 0.717) is 10.7 Å². The minimum Gasteiger partial charge on any atom is -0.243 e. The number of nitriles is 1. The van der Waals surface area contributed by atoms with Crippen LogP contribution in [0.25, 0.3) is 0 Å². The largest absolute Gasteiger partial charge is 0.243 e. The fourth-order valence-electron chi connectivity index (χ4n) is 1.72. The smallest absolute Gasteiger partial charge is 0.147 e. The molecule has 0 saturated carbocycles. The van der Waals surface area contributed by atoms with Crippen molar-refractivity contribution in [2.24, 2.45) is 0 Å². The maximum atomic E-state index is 8.97. The highest BCUT2D eigenvalue weighted by molar-refractivity contribution is 6.30. The molecule has 0 saturated heterocycles. The molecule has 1 heterocycles. The van der Waals surface area contributed by atoms with Gasteiger partial charge in [-0.25, -0.2) is 4.98 Å². The van der Waals surface area contributed by atoms with Crippen LogP contribution in [0.2, 0.25) is 5.15 Å². The summed E-state index contributed by atoms with van der Waals surface area (Å²) >= 11 is 5.86. The summed E-state index contributed by atoms with van der Waals surface area (Å²) in [5.41, 5.74) is 1.57. The Labute approximate surface area is 102 Å². The van der Waals surface area contributed by atoms with E-state index in [1.807, 2.05) is 6.07 Å². The average molecular weight is 237 g/mol. The normalized spacial score (nSPS) is 10.1. The summed E-state index contributed by atoms with van der Waals surface area (Å²) in [5.74, 6) is 0. The number of rotatable bonds is 6. The van der Waals surface area contributed by atoms with Crippen LogP contribution in [-0.4, -0.2) is 4.98 Å². The van der Waals surface area contributed by atoms with Gasteiger partial charge < -0.3 is 0 Å². The monoisotopic (exact) mass is 236 g/mol. The summed E-state index contributed by atoms with van der Waals surface area (Å²) in [5, 5.41) is 9.29. The van der Waals surface area contributed by atoms with Crippen LogP contribution in [0, 0.1) is 11.3 Å². The molecule has 0 aliphatic carbocycles. The van der Waals surface area contributed by atoms with Crippen molar-refractivity contribution in [3.63, 3.8) is 0 Å². The van der Waals surface area contributed by atoms with E-state index < -0.39 is 0 Å². The van der Waals surface area contributed by atoms with Crippen LogP contribution in [0.1, 0.15) is 50.2 Å². The molecule has 0 unspecified atom stereocenters. The van der Waals surface area contributed by atoms with Gasteiger partial charge in [0.1, 0.15) is 11.2 Å². The number of nitrogens with zero attached hydrogens (tertiary/aromatic N) is 2. The highest BCUT2D eigenvalue weighted by Gasteiger charge is 2.06. The molecule has 0 fully saturated rings. The van der Waals surface area contributed by atoms with Crippen LogP contribution < -0.4 is 0 Å². The number of pyridine rings is 1. The molecule has 86 valence electrons. The molecule has 0 N–H and O–H groups in total. The van der Waals surface area contributed by atoms with Gasteiger partial charge >= 0.3 is 0 Å². The molecule has 16 heavy (non-hydrogen) atoms. The molecule has 1 aromatic heterocycles. The molecule has 0 spiro atoms. The third-order valence-corrected chi connectivity index (χ3v) is 2.94. The Kier molecular flexibility index (Phi) is 5.88. The van der Waals surface area contributed by atoms with Crippen molar-refractivity contribution >= 4 is 11.6 Å². The van der Waals surface area contributed by atoms with Gasteiger partial charge in [-0.3, -0.25) is 0 Å². The van der Waals surface area contributed by atoms with Crippen LogP contribution in [0.15, 0.2) is 12.3 Å². The van der Waals surface area contributed by atoms with E-state index in [4.69, 9.17) is 16.9 Å². The fourth-order valence-corrected chi connectivity index (χ4v) is 1.94. The van der Waals surface area contributed by atoms with Gasteiger partial charge in [-0.2, -0.15) is 5.26 Å². The number of aryl methyl sites for hydroxylation is 1. The molecule has 0 radical (unpaired) electrons. The Morgan fingerprint density at radius 3 is 2.75 bits per heavy atom. The Hall–Kier alpha value is -1.07. The predicted octanol–water partition coefficient (Wildman–Crippen LogP) is 4.12. The van der Waals surface area contributed by atoms with E-state index in [2.05, 4.69) is 18.0 Å². The highest BCUT2D eigenvalue weighted by Crippen LogP contribution is 2.18. The average Bonchev–Trinajstić information content (AvgIpc) is 2.29. The second kappa shape index (κ2) is 7.24. The van der Waals surface area contributed by atoms with Gasteiger partial charge in [-0.05, 0) is 24.5 Å². The van der Waals surface area contributed by atoms with Gasteiger partial charge in [0.2, 0.25) is 0 Å². The lowest BCUT2D eigenvalue weighted by molar-refractivity contribution is 0.632. The number of hydrogen-bond acceptors (Lipinski definition) is 2. The summed E-state index contributed by atoms with van der Waals surface area (Å²) in [7, 11) is 0. The first-order chi connectivity index (χ1) is 7.79. The van der Waals surface area contributed by atoms with E-state index in [0.717, 1.165) is 18.4 Å². The van der Waals surface area contributed by atoms with Crippen LogP contribution in [0.4, 0.5) is 0 Å². The molecule has 0 bridgehead atoms. The lowest BCUT2D eigenvalue weighted by atomic mass is 10.0. The quantitative estimate of drug-likeness (QED) is 0.550. The maximum absolute atomic E-state index is 8.97. The Balaban J connectivity index is 2.48. The lowest BCUT2D eigenvalue weighted by Crippen LogP contribution is -1.93. The summed E-state index contributed by atoms with van der Waals surface area (Å²) in [6.07, 6.45) is 8.76. The Morgan fingerprint density at radius 2 is 2.06 bits per heavy atom. The van der Waals surface area contributed by atoms with Gasteiger partial charge in [0, 0.05) is 6.20 Å². The summed E-state index contributed by atoms with van der Waals surface area (Å²) in [6.45, 7) is 2.20. The van der Waals surface area contributed by atoms with Gasteiger partial charge in [-0.15, -0.1) is 0 Å². The van der Waals surface area contributed by atoms with E-state index >= 15 is 0 Å². The second-order valence-corrected chi connectivity index (χ2v) is 4.27. The lowest BCUT2D eigenvalue weighted by Gasteiger charge is -2.04. The molecule has 0 atom stereocenters. The summed E-state index contributed by atoms with van der Waals surface area (Å²) < 4.78 is 0. The fraction of sp³-hybridized carbons (Fsp3) is 0.538. The first-order valence-electron chi connectivity index (χ1n) is 5.83. The third-order valence-electron chi connectivity index (χ3n) is 2.65. The SMILES string of the molecule is CCCCCCCc1ccnc(Cl)c1C#N. The third kappa shape index (κ3) is 3.83. The zero-order chi connectivity index (χ0) is 11.8. The maximum Gasteiger partial charge on any atom is 0.147 e. The summed E-state index contributed by atoms with van der Waals surface area (Å²) in [6, 6.07) is 4.01. The minimum atomic E-state index is 0.327. The van der Waals surface area contributed by atoms with Crippen LogP contribution >= 0.6 is 11.6 Å². The Bertz CT molecular complexity index is 369. The molecule has 3 heteroatoms. The van der Waals surface area contributed by atoms with Gasteiger partial charge in [-0.1, -0.05) is 44.2 Å². The van der Waals surface area contributed by atoms with Crippen molar-refractivity contribution in [1.82, 2.24) is 4.98 Å². The van der Waals surface area contributed by atoms with E-state index in [1.165, 1.54) is 25.7 Å². The van der Waals surface area contributed by atoms with Gasteiger partial charge in [0.15, 0.2) is 0 Å². The molecule has 0 aliphatic heterocycles. The van der Waals surface area contributed by atoms with E-state index in [9.17, 15) is 0 Å². The van der Waals surface area contributed by atoms with Crippen molar-refractivity contribution in [2.75, 3.05) is 0 Å². The zero-order valence-corrected chi connectivity index (χ0v) is 10.4. The highest BCUT2D eigenvalue weighted by atomic mass is 35.5. The van der Waals surface area contributed by atoms with Crippen LogP contribution in [-0.2, 0) is 6.42 Å². The number of unbranched alkanes of at least 4 members (excludes halogenated alkanes) is 4. The van der Waals surface area contributed by atoms with E-state index in [1.54, 1.807) is 6.20 Å². The van der Waals surface area contributed by atoms with Crippen LogP contribution in [0.5, 0.6) is 0 Å². The number of aromatic nitrogens is 1. The standard InChI is InChI=1S/C13H17ClN2/c1-2-3-4-5-6-7-11-8-9-16-13(14)12(11)10-15/h8-9H,2-7H2,1H3. The van der Waals surface area contributed by atoms with Crippen molar-refractivity contribution < 1.29 is 0 Å². The molecule has 0 amide bonds. The molecule has 1 aromatic rings. The molecule has 0 aromatic carbocycles. The number of hydrogen-bond donors (Lipinski definition) is 0. The Morgan fingerprint density at radius 1 is 1.31 bits per heavy atom. The first-order valence-corrected chi connectivity index (χ1v) is 6.21. The van der Waals surface area contributed by atoms with E-state index in [-0.39, 0.29) is 0 Å². The topological polar surface area (TPSA) is 36.7 Å². The van der Waals surface area contributed by atoms with Crippen LogP contribution in [0.3, 0.4) is 0 Å². The molecule has 0 aliphatic rings. The van der Waals surface area contributed by atoms with Crippen molar-refractivity contribution in [3.05, 3.63) is 28.5 Å². The zero-order valence-electron chi connectivity index (χ0n) is 9.67. The molecular weight excluding hydrogens is 220 g/mol. The second-order valence-electron chi connectivity index (χ2n) is 3.91. The van der Waals surface area contributed by atoms with Gasteiger partial charge in [0.25, 0.3) is 0 Å². The molecule has 2 nitrogen and oxygen atoms in total. The van der Waals surface area contributed by atoms with Gasteiger partial charge in [0.05, 0.1) is 5.56 Å². The van der Waals surface area contributed by atoms with Crippen molar-refractivity contribution in [2.45, 2.75) is 45.4 Å².